The molecule has 0 spiro atoms. The summed E-state index contributed by atoms with van der Waals surface area (Å²) in [6.45, 7) is 4.15. The van der Waals surface area contributed by atoms with Crippen LogP contribution in [0.4, 0.5) is 0 Å². The Bertz CT molecular complexity index is 1250. The number of aliphatic hydroxyl groups is 3. The predicted octanol–water partition coefficient (Wildman–Crippen LogP) is 3.65. The second-order valence-corrected chi connectivity index (χ2v) is 9.98. The molecule has 0 saturated carbocycles. The molecule has 1 unspecified atom stereocenters. The number of aromatic nitrogens is 2. The van der Waals surface area contributed by atoms with Crippen molar-refractivity contribution in [2.75, 3.05) is 19.8 Å². The van der Waals surface area contributed by atoms with E-state index in [2.05, 4.69) is 47.5 Å². The minimum absolute atomic E-state index is 0.133. The third-order valence-corrected chi connectivity index (χ3v) is 7.30. The second kappa shape index (κ2) is 11.6. The monoisotopic (exact) mass is 525 g/mol. The van der Waals surface area contributed by atoms with Gasteiger partial charge in [0.25, 0.3) is 5.89 Å². The van der Waals surface area contributed by atoms with Crippen LogP contribution in [0.5, 0.6) is 5.75 Å². The Labute approximate surface area is 221 Å². The first kappa shape index (κ1) is 27.0. The zero-order valence-electron chi connectivity index (χ0n) is 20.9. The molecular weight excluding hydrogens is 494 g/mol. The van der Waals surface area contributed by atoms with E-state index in [1.54, 1.807) is 12.1 Å². The number of rotatable bonds is 11. The van der Waals surface area contributed by atoms with Crippen molar-refractivity contribution in [1.82, 2.24) is 15.5 Å². The maximum absolute atomic E-state index is 9.57. The van der Waals surface area contributed by atoms with Crippen LogP contribution in [-0.4, -0.2) is 51.3 Å². The molecule has 8 nitrogen and oxygen atoms in total. The number of halogens is 1. The van der Waals surface area contributed by atoms with Crippen LogP contribution in [0.1, 0.15) is 36.7 Å². The van der Waals surface area contributed by atoms with Gasteiger partial charge in [-0.15, -0.1) is 0 Å². The van der Waals surface area contributed by atoms with Crippen molar-refractivity contribution in [3.8, 4) is 5.75 Å². The maximum atomic E-state index is 9.57. The summed E-state index contributed by atoms with van der Waals surface area (Å²) in [5, 5.41) is 35.8. The molecule has 3 aromatic rings. The fourth-order valence-corrected chi connectivity index (χ4v) is 4.86. The van der Waals surface area contributed by atoms with E-state index in [1.165, 1.54) is 0 Å². The van der Waals surface area contributed by atoms with E-state index in [4.69, 9.17) is 20.9 Å². The van der Waals surface area contributed by atoms with Crippen LogP contribution in [0.3, 0.4) is 0 Å². The highest BCUT2D eigenvalue weighted by molar-refractivity contribution is 6.32. The van der Waals surface area contributed by atoms with Gasteiger partial charge in [-0.2, -0.15) is 4.98 Å². The van der Waals surface area contributed by atoms with Gasteiger partial charge in [-0.05, 0) is 28.8 Å². The minimum atomic E-state index is -0.830. The Morgan fingerprint density at radius 3 is 2.49 bits per heavy atom. The lowest BCUT2D eigenvalue weighted by Crippen LogP contribution is -2.48. The smallest absolute Gasteiger partial charge is 0.252 e. The standard InChI is InChI=1S/C28H32ClN3O5/c1-27(2)22(20-7-4-3-5-8-20)9-6-12-28(27,26-31-25(17-35)37-32-26)18-36-24-11-10-19(13-23(24)29)14-30-21(15-33)16-34/h3-13,21,30,33-35H,14-18H2,1-2H3. The van der Waals surface area contributed by atoms with Gasteiger partial charge in [0, 0.05) is 12.0 Å². The summed E-state index contributed by atoms with van der Waals surface area (Å²) < 4.78 is 11.6. The van der Waals surface area contributed by atoms with E-state index in [0.717, 1.165) is 16.7 Å². The van der Waals surface area contributed by atoms with E-state index in [1.807, 2.05) is 36.4 Å². The molecule has 1 aliphatic rings. The summed E-state index contributed by atoms with van der Waals surface area (Å²) in [6.07, 6.45) is 6.07. The molecule has 1 aromatic heterocycles. The lowest BCUT2D eigenvalue weighted by Gasteiger charge is -2.46. The van der Waals surface area contributed by atoms with Crippen molar-refractivity contribution in [2.24, 2.45) is 5.41 Å². The Balaban J connectivity index is 1.64. The Morgan fingerprint density at radius 1 is 1.08 bits per heavy atom. The van der Waals surface area contributed by atoms with Crippen LogP contribution in [0.25, 0.3) is 5.57 Å². The van der Waals surface area contributed by atoms with Gasteiger partial charge in [0.05, 0.1) is 29.7 Å². The van der Waals surface area contributed by atoms with Crippen molar-refractivity contribution < 1.29 is 24.6 Å². The highest BCUT2D eigenvalue weighted by Crippen LogP contribution is 2.53. The number of aliphatic hydroxyl groups excluding tert-OH is 3. The first-order valence-electron chi connectivity index (χ1n) is 12.1. The Kier molecular flexibility index (Phi) is 8.46. The van der Waals surface area contributed by atoms with Crippen LogP contribution in [0.2, 0.25) is 5.02 Å². The number of allylic oxidation sites excluding steroid dienone is 3. The molecule has 196 valence electrons. The van der Waals surface area contributed by atoms with Crippen molar-refractivity contribution in [3.05, 3.63) is 94.6 Å². The molecule has 0 saturated heterocycles. The minimum Gasteiger partial charge on any atom is -0.491 e. The second-order valence-electron chi connectivity index (χ2n) is 9.57. The van der Waals surface area contributed by atoms with Gasteiger partial charge in [0.1, 0.15) is 19.0 Å². The molecule has 0 radical (unpaired) electrons. The molecule has 1 atom stereocenters. The van der Waals surface area contributed by atoms with E-state index in [0.29, 0.717) is 23.1 Å². The van der Waals surface area contributed by atoms with Crippen LogP contribution in [0, 0.1) is 5.41 Å². The van der Waals surface area contributed by atoms with Gasteiger partial charge in [-0.3, -0.25) is 0 Å². The average molecular weight is 526 g/mol. The molecule has 4 N–H and O–H groups in total. The number of hydrogen-bond acceptors (Lipinski definition) is 8. The van der Waals surface area contributed by atoms with Crippen molar-refractivity contribution in [3.63, 3.8) is 0 Å². The third-order valence-electron chi connectivity index (χ3n) is 7.01. The molecule has 1 aliphatic carbocycles. The lowest BCUT2D eigenvalue weighted by atomic mass is 9.58. The van der Waals surface area contributed by atoms with E-state index < -0.39 is 16.9 Å². The van der Waals surface area contributed by atoms with Gasteiger partial charge < -0.3 is 29.9 Å². The maximum Gasteiger partial charge on any atom is 0.252 e. The number of ether oxygens (including phenoxy) is 1. The van der Waals surface area contributed by atoms with Gasteiger partial charge in [0.2, 0.25) is 0 Å². The van der Waals surface area contributed by atoms with Crippen molar-refractivity contribution >= 4 is 17.2 Å². The van der Waals surface area contributed by atoms with Crippen LogP contribution in [0.15, 0.2) is 71.3 Å². The normalized spacial score (nSPS) is 18.7. The fourth-order valence-electron chi connectivity index (χ4n) is 4.60. The molecule has 0 bridgehead atoms. The van der Waals surface area contributed by atoms with E-state index in [-0.39, 0.29) is 32.3 Å². The van der Waals surface area contributed by atoms with E-state index in [9.17, 15) is 15.3 Å². The van der Waals surface area contributed by atoms with Gasteiger partial charge >= 0.3 is 0 Å². The summed E-state index contributed by atoms with van der Waals surface area (Å²) in [5.74, 6) is 1.04. The van der Waals surface area contributed by atoms with Crippen molar-refractivity contribution in [1.29, 1.82) is 0 Å². The summed E-state index contributed by atoms with van der Waals surface area (Å²) >= 11 is 6.58. The quantitative estimate of drug-likeness (QED) is 0.299. The summed E-state index contributed by atoms with van der Waals surface area (Å²) in [4.78, 5) is 4.49. The van der Waals surface area contributed by atoms with Crippen LogP contribution in [-0.2, 0) is 18.6 Å². The third kappa shape index (κ3) is 5.49. The molecule has 37 heavy (non-hydrogen) atoms. The van der Waals surface area contributed by atoms with Gasteiger partial charge in [-0.1, -0.05) is 85.2 Å². The molecule has 0 fully saturated rings. The van der Waals surface area contributed by atoms with Crippen LogP contribution < -0.4 is 10.1 Å². The predicted molar refractivity (Wildman–Crippen MR) is 141 cm³/mol. The number of nitrogens with zero attached hydrogens (tertiary/aromatic N) is 2. The molecule has 1 heterocycles. The Hall–Kier alpha value is -3.01. The summed E-state index contributed by atoms with van der Waals surface area (Å²) in [6, 6.07) is 15.2. The highest BCUT2D eigenvalue weighted by atomic mass is 35.5. The largest absolute Gasteiger partial charge is 0.491 e. The number of hydrogen-bond donors (Lipinski definition) is 4. The molecule has 0 aliphatic heterocycles. The van der Waals surface area contributed by atoms with E-state index >= 15 is 0 Å². The molecule has 9 heteroatoms. The first-order chi connectivity index (χ1) is 17.8. The fraction of sp³-hybridized carbons (Fsp3) is 0.357. The zero-order chi connectivity index (χ0) is 26.5. The lowest BCUT2D eigenvalue weighted by molar-refractivity contribution is 0.157. The molecule has 4 rings (SSSR count). The molecule has 0 amide bonds. The number of benzene rings is 2. The van der Waals surface area contributed by atoms with Crippen molar-refractivity contribution in [2.45, 2.75) is 38.5 Å². The zero-order valence-corrected chi connectivity index (χ0v) is 21.7. The van der Waals surface area contributed by atoms with Crippen LogP contribution >= 0.6 is 11.6 Å². The Morgan fingerprint density at radius 2 is 1.84 bits per heavy atom. The average Bonchev–Trinajstić information content (AvgIpc) is 3.39. The summed E-state index contributed by atoms with van der Waals surface area (Å²) in [5.41, 5.74) is 1.69. The number of nitrogens with one attached hydrogen (secondary N) is 1. The summed E-state index contributed by atoms with van der Waals surface area (Å²) in [7, 11) is 0. The van der Waals surface area contributed by atoms with Gasteiger partial charge in [0.15, 0.2) is 5.82 Å². The SMILES string of the molecule is CC1(C)C(c2ccccc2)=CC=CC1(COc1ccc(CNC(CO)CO)cc1Cl)c1noc(CO)n1. The molecular formula is C28H32ClN3O5. The molecule has 2 aromatic carbocycles. The first-order valence-corrected chi connectivity index (χ1v) is 12.5. The highest BCUT2D eigenvalue weighted by Gasteiger charge is 2.52. The topological polar surface area (TPSA) is 121 Å². The van der Waals surface area contributed by atoms with Gasteiger partial charge in [-0.25, -0.2) is 0 Å².